The van der Waals surface area contributed by atoms with Crippen LogP contribution >= 0.6 is 11.6 Å². The van der Waals surface area contributed by atoms with Gasteiger partial charge in [-0.15, -0.1) is 0 Å². The van der Waals surface area contributed by atoms with Crippen LogP contribution in [0.5, 0.6) is 0 Å². The van der Waals surface area contributed by atoms with Gasteiger partial charge in [0.05, 0.1) is 12.7 Å². The Labute approximate surface area is 176 Å². The fraction of sp³-hybridized carbons (Fsp3) is 0.364. The third-order valence-corrected chi connectivity index (χ3v) is 5.08. The number of hydrogen-bond donors (Lipinski definition) is 2. The first-order valence-electron chi connectivity index (χ1n) is 9.81. The average Bonchev–Trinajstić information content (AvgIpc) is 2.77. The molecule has 3 rings (SSSR count). The molecule has 6 nitrogen and oxygen atoms in total. The monoisotopic (exact) mass is 415 g/mol. The van der Waals surface area contributed by atoms with Crippen LogP contribution in [0.4, 0.5) is 0 Å². The first kappa shape index (κ1) is 21.3. The van der Waals surface area contributed by atoms with E-state index in [4.69, 9.17) is 16.3 Å². The quantitative estimate of drug-likeness (QED) is 0.538. The van der Waals surface area contributed by atoms with Crippen LogP contribution in [0.3, 0.4) is 0 Å². The second kappa shape index (κ2) is 11.0. The molecule has 0 saturated carbocycles. The van der Waals surface area contributed by atoms with Crippen molar-refractivity contribution in [3.8, 4) is 0 Å². The van der Waals surface area contributed by atoms with Gasteiger partial charge in [-0.25, -0.2) is 0 Å². The number of halogens is 1. The highest BCUT2D eigenvalue weighted by Gasteiger charge is 2.21. The predicted octanol–water partition coefficient (Wildman–Crippen LogP) is 2.54. The number of morpholine rings is 1. The van der Waals surface area contributed by atoms with E-state index in [2.05, 4.69) is 27.7 Å². The van der Waals surface area contributed by atoms with E-state index in [1.165, 1.54) is 5.56 Å². The minimum Gasteiger partial charge on any atom is -0.371 e. The minimum atomic E-state index is -0.629. The van der Waals surface area contributed by atoms with E-state index in [1.54, 1.807) is 12.1 Å². The highest BCUT2D eigenvalue weighted by Crippen LogP contribution is 2.21. The van der Waals surface area contributed by atoms with Gasteiger partial charge in [-0.3, -0.25) is 14.5 Å². The van der Waals surface area contributed by atoms with Gasteiger partial charge in [-0.05, 0) is 29.7 Å². The number of nitrogens with one attached hydrogen (secondary N) is 2. The summed E-state index contributed by atoms with van der Waals surface area (Å²) >= 11 is 5.83. The Morgan fingerprint density at radius 1 is 1.03 bits per heavy atom. The lowest BCUT2D eigenvalue weighted by Gasteiger charge is -2.33. The van der Waals surface area contributed by atoms with Gasteiger partial charge >= 0.3 is 11.8 Å². The maximum absolute atomic E-state index is 11.9. The van der Waals surface area contributed by atoms with Gasteiger partial charge in [0.2, 0.25) is 0 Å². The van der Waals surface area contributed by atoms with Crippen LogP contribution in [0.2, 0.25) is 5.02 Å². The second-order valence-corrected chi connectivity index (χ2v) is 7.43. The summed E-state index contributed by atoms with van der Waals surface area (Å²) in [5, 5.41) is 5.92. The molecule has 1 unspecified atom stereocenters. The molecule has 2 aromatic rings. The molecular weight excluding hydrogens is 390 g/mol. The van der Waals surface area contributed by atoms with Crippen molar-refractivity contribution in [2.45, 2.75) is 19.1 Å². The topological polar surface area (TPSA) is 70.7 Å². The lowest BCUT2D eigenvalue weighted by Crippen LogP contribution is -2.42. The van der Waals surface area contributed by atoms with E-state index in [-0.39, 0.29) is 12.6 Å². The third-order valence-electron chi connectivity index (χ3n) is 4.83. The number of carbonyl (C=O) groups is 2. The minimum absolute atomic E-state index is 0.0817. The number of ether oxygens (including phenoxy) is 1. The first-order chi connectivity index (χ1) is 14.1. The summed E-state index contributed by atoms with van der Waals surface area (Å²) in [6.07, 6.45) is 0.857. The van der Waals surface area contributed by atoms with Crippen molar-refractivity contribution in [1.29, 1.82) is 0 Å². The number of amides is 2. The van der Waals surface area contributed by atoms with Crippen molar-refractivity contribution in [1.82, 2.24) is 15.5 Å². The third kappa shape index (κ3) is 6.85. The van der Waals surface area contributed by atoms with Crippen LogP contribution in [0.15, 0.2) is 54.6 Å². The van der Waals surface area contributed by atoms with Gasteiger partial charge in [0.25, 0.3) is 0 Å². The molecule has 2 N–H and O–H groups in total. The molecule has 29 heavy (non-hydrogen) atoms. The number of carbonyl (C=O) groups excluding carboxylic acids is 2. The number of nitrogens with zero attached hydrogens (tertiary/aromatic N) is 1. The van der Waals surface area contributed by atoms with Crippen molar-refractivity contribution in [2.75, 3.05) is 32.8 Å². The van der Waals surface area contributed by atoms with Crippen LogP contribution in [-0.2, 0) is 20.9 Å². The molecule has 1 aliphatic rings. The van der Waals surface area contributed by atoms with Crippen LogP contribution in [0.1, 0.15) is 23.7 Å². The van der Waals surface area contributed by atoms with Crippen LogP contribution < -0.4 is 10.6 Å². The molecule has 2 amide bonds. The highest BCUT2D eigenvalue weighted by atomic mass is 35.5. The summed E-state index contributed by atoms with van der Waals surface area (Å²) in [5.74, 6) is -1.24. The van der Waals surface area contributed by atoms with Gasteiger partial charge in [-0.1, -0.05) is 54.1 Å². The Bertz CT molecular complexity index is 799. The second-order valence-electron chi connectivity index (χ2n) is 6.99. The molecule has 0 radical (unpaired) electrons. The van der Waals surface area contributed by atoms with Gasteiger partial charge in [0.15, 0.2) is 0 Å². The maximum atomic E-state index is 11.9. The lowest BCUT2D eigenvalue weighted by atomic mass is 10.1. The molecule has 1 fully saturated rings. The Kier molecular flexibility index (Phi) is 8.04. The van der Waals surface area contributed by atoms with Crippen molar-refractivity contribution >= 4 is 23.4 Å². The van der Waals surface area contributed by atoms with Gasteiger partial charge in [-0.2, -0.15) is 0 Å². The van der Waals surface area contributed by atoms with Crippen molar-refractivity contribution in [3.05, 3.63) is 70.7 Å². The van der Waals surface area contributed by atoms with Crippen LogP contribution in [0, 0.1) is 0 Å². The zero-order chi connectivity index (χ0) is 20.5. The smallest absolute Gasteiger partial charge is 0.309 e. The molecule has 1 atom stereocenters. The molecule has 2 aromatic carbocycles. The van der Waals surface area contributed by atoms with Gasteiger partial charge in [0, 0.05) is 37.7 Å². The molecule has 7 heteroatoms. The summed E-state index contributed by atoms with van der Waals surface area (Å²) < 4.78 is 5.87. The van der Waals surface area contributed by atoms with Crippen molar-refractivity contribution in [3.63, 3.8) is 0 Å². The lowest BCUT2D eigenvalue weighted by molar-refractivity contribution is -0.139. The van der Waals surface area contributed by atoms with Crippen molar-refractivity contribution < 1.29 is 14.3 Å². The summed E-state index contributed by atoms with van der Waals surface area (Å²) in [6, 6.07) is 17.3. The van der Waals surface area contributed by atoms with E-state index < -0.39 is 11.8 Å². The Morgan fingerprint density at radius 3 is 2.52 bits per heavy atom. The molecule has 1 saturated heterocycles. The summed E-state index contributed by atoms with van der Waals surface area (Å²) in [4.78, 5) is 26.2. The number of rotatable bonds is 7. The fourth-order valence-electron chi connectivity index (χ4n) is 3.22. The normalized spacial score (nSPS) is 16.9. The predicted molar refractivity (Wildman–Crippen MR) is 113 cm³/mol. The van der Waals surface area contributed by atoms with Gasteiger partial charge in [0.1, 0.15) is 0 Å². The zero-order valence-electron chi connectivity index (χ0n) is 16.3. The summed E-state index contributed by atoms with van der Waals surface area (Å²) in [5.41, 5.74) is 2.07. The van der Waals surface area contributed by atoms with E-state index in [0.717, 1.165) is 31.6 Å². The van der Waals surface area contributed by atoms with Crippen LogP contribution in [-0.4, -0.2) is 49.5 Å². The zero-order valence-corrected chi connectivity index (χ0v) is 17.0. The first-order valence-corrected chi connectivity index (χ1v) is 10.2. The Morgan fingerprint density at radius 2 is 1.76 bits per heavy atom. The van der Waals surface area contributed by atoms with E-state index in [1.807, 2.05) is 30.3 Å². The summed E-state index contributed by atoms with van der Waals surface area (Å²) in [7, 11) is 0. The maximum Gasteiger partial charge on any atom is 0.309 e. The number of hydrogen-bond acceptors (Lipinski definition) is 4. The number of benzene rings is 2. The van der Waals surface area contributed by atoms with Crippen LogP contribution in [0.25, 0.3) is 0 Å². The van der Waals surface area contributed by atoms with E-state index >= 15 is 0 Å². The highest BCUT2D eigenvalue weighted by molar-refractivity contribution is 6.35. The standard InChI is InChI=1S/C22H26ClN3O3/c23-19-9-7-17(8-10-19)15-25-22(28)21(27)24-11-4-12-26-13-14-29-20(16-26)18-5-2-1-3-6-18/h1-3,5-10,20H,4,11-16H2,(H,24,27)(H,25,28). The Balaban J connectivity index is 1.32. The molecule has 0 aliphatic carbocycles. The van der Waals surface area contributed by atoms with Gasteiger partial charge < -0.3 is 15.4 Å². The fourth-order valence-corrected chi connectivity index (χ4v) is 3.35. The molecule has 1 aliphatic heterocycles. The average molecular weight is 416 g/mol. The molecule has 0 spiro atoms. The SMILES string of the molecule is O=C(NCCCN1CCOC(c2ccccc2)C1)C(=O)NCc1ccc(Cl)cc1. The molecule has 1 heterocycles. The molecule has 154 valence electrons. The van der Waals surface area contributed by atoms with Crippen molar-refractivity contribution in [2.24, 2.45) is 0 Å². The molecular formula is C22H26ClN3O3. The Hall–Kier alpha value is -2.41. The largest absolute Gasteiger partial charge is 0.371 e. The van der Waals surface area contributed by atoms with E-state index in [9.17, 15) is 9.59 Å². The van der Waals surface area contributed by atoms with E-state index in [0.29, 0.717) is 18.2 Å². The summed E-state index contributed by atoms with van der Waals surface area (Å²) in [6.45, 7) is 4.00. The molecule has 0 aromatic heterocycles. The molecule has 0 bridgehead atoms.